The predicted octanol–water partition coefficient (Wildman–Crippen LogP) is 4.14. The van der Waals surface area contributed by atoms with Crippen LogP contribution in [-0.4, -0.2) is 11.8 Å². The van der Waals surface area contributed by atoms with E-state index in [0.29, 0.717) is 4.90 Å². The average Bonchev–Trinajstić information content (AvgIpc) is 2.66. The second kappa shape index (κ2) is 6.95. The molecular weight excluding hydrogens is 245 g/mol. The maximum absolute atomic E-state index is 13.5. The molecular formula is C15H20FNS. The van der Waals surface area contributed by atoms with Crippen molar-refractivity contribution in [1.82, 2.24) is 0 Å². The van der Waals surface area contributed by atoms with Crippen molar-refractivity contribution in [1.29, 1.82) is 0 Å². The van der Waals surface area contributed by atoms with Crippen LogP contribution in [0.3, 0.4) is 0 Å². The molecule has 0 radical (unpaired) electrons. The van der Waals surface area contributed by atoms with Gasteiger partial charge in [-0.15, -0.1) is 11.8 Å². The maximum atomic E-state index is 13.5. The second-order valence-corrected chi connectivity index (χ2v) is 5.79. The van der Waals surface area contributed by atoms with Crippen LogP contribution < -0.4 is 5.73 Å². The normalized spacial score (nSPS) is 18.0. The fourth-order valence-corrected chi connectivity index (χ4v) is 3.18. The smallest absolute Gasteiger partial charge is 0.136 e. The lowest BCUT2D eigenvalue weighted by molar-refractivity contribution is 0.602. The first-order valence-electron chi connectivity index (χ1n) is 6.59. The van der Waals surface area contributed by atoms with Crippen LogP contribution in [0.15, 0.2) is 40.8 Å². The number of hydrogen-bond acceptors (Lipinski definition) is 2. The Bertz CT molecular complexity index is 417. The summed E-state index contributed by atoms with van der Waals surface area (Å²) in [6.45, 7) is 0. The molecule has 0 heterocycles. The van der Waals surface area contributed by atoms with Crippen LogP contribution in [0, 0.1) is 5.82 Å². The Morgan fingerprint density at radius 3 is 2.89 bits per heavy atom. The standard InChI is InChI=1S/C15H20FNS/c16-13-9-5-6-10-15(13)18-11-14(17)12-7-3-1-2-4-8-12/h5-7,9-10,14H,1-4,8,11,17H2. The molecule has 3 heteroatoms. The van der Waals surface area contributed by atoms with E-state index in [9.17, 15) is 4.39 Å². The van der Waals surface area contributed by atoms with E-state index in [1.807, 2.05) is 12.1 Å². The molecule has 0 amide bonds. The van der Waals surface area contributed by atoms with Gasteiger partial charge in [-0.05, 0) is 37.8 Å². The molecule has 1 nitrogen and oxygen atoms in total. The molecule has 1 atom stereocenters. The van der Waals surface area contributed by atoms with Gasteiger partial charge < -0.3 is 5.73 Å². The van der Waals surface area contributed by atoms with E-state index in [-0.39, 0.29) is 11.9 Å². The number of halogens is 1. The minimum absolute atomic E-state index is 0.0627. The average molecular weight is 265 g/mol. The lowest BCUT2D eigenvalue weighted by Crippen LogP contribution is -2.25. The van der Waals surface area contributed by atoms with Crippen LogP contribution in [0.25, 0.3) is 0 Å². The van der Waals surface area contributed by atoms with Gasteiger partial charge in [-0.25, -0.2) is 4.39 Å². The molecule has 2 rings (SSSR count). The van der Waals surface area contributed by atoms with Gasteiger partial charge in [0.05, 0.1) is 0 Å². The van der Waals surface area contributed by atoms with Crippen LogP contribution in [-0.2, 0) is 0 Å². The number of allylic oxidation sites excluding steroid dienone is 1. The topological polar surface area (TPSA) is 26.0 Å². The van der Waals surface area contributed by atoms with E-state index in [1.165, 1.54) is 42.7 Å². The quantitative estimate of drug-likeness (QED) is 0.654. The highest BCUT2D eigenvalue weighted by molar-refractivity contribution is 7.99. The van der Waals surface area contributed by atoms with Crippen molar-refractivity contribution in [2.45, 2.75) is 43.0 Å². The van der Waals surface area contributed by atoms with Crippen molar-refractivity contribution in [2.24, 2.45) is 5.73 Å². The van der Waals surface area contributed by atoms with E-state index in [0.717, 1.165) is 18.6 Å². The summed E-state index contributed by atoms with van der Waals surface area (Å²) in [4.78, 5) is 0.696. The van der Waals surface area contributed by atoms with Gasteiger partial charge in [0.25, 0.3) is 0 Å². The zero-order valence-corrected chi connectivity index (χ0v) is 11.4. The fraction of sp³-hybridized carbons (Fsp3) is 0.467. The number of thioether (sulfide) groups is 1. The van der Waals surface area contributed by atoms with Crippen molar-refractivity contribution < 1.29 is 4.39 Å². The Balaban J connectivity index is 1.89. The van der Waals surface area contributed by atoms with Crippen LogP contribution >= 0.6 is 11.8 Å². The number of hydrogen-bond donors (Lipinski definition) is 1. The molecule has 1 aliphatic carbocycles. The van der Waals surface area contributed by atoms with Crippen LogP contribution in [0.4, 0.5) is 4.39 Å². The molecule has 0 fully saturated rings. The molecule has 0 spiro atoms. The molecule has 1 unspecified atom stereocenters. The molecule has 0 aromatic heterocycles. The highest BCUT2D eigenvalue weighted by Crippen LogP contribution is 2.25. The number of benzene rings is 1. The summed E-state index contributed by atoms with van der Waals surface area (Å²) in [6.07, 6.45) is 8.36. The van der Waals surface area contributed by atoms with E-state index < -0.39 is 0 Å². The summed E-state index contributed by atoms with van der Waals surface area (Å²) in [7, 11) is 0. The fourth-order valence-electron chi connectivity index (χ4n) is 2.22. The van der Waals surface area contributed by atoms with E-state index in [4.69, 9.17) is 5.73 Å². The maximum Gasteiger partial charge on any atom is 0.136 e. The first kappa shape index (κ1) is 13.6. The van der Waals surface area contributed by atoms with Crippen molar-refractivity contribution in [3.63, 3.8) is 0 Å². The van der Waals surface area contributed by atoms with Gasteiger partial charge in [-0.2, -0.15) is 0 Å². The number of rotatable bonds is 4. The van der Waals surface area contributed by atoms with Crippen molar-refractivity contribution >= 4 is 11.8 Å². The summed E-state index contributed by atoms with van der Waals surface area (Å²) in [5.41, 5.74) is 7.56. The van der Waals surface area contributed by atoms with Gasteiger partial charge in [0.1, 0.15) is 5.82 Å². The lowest BCUT2D eigenvalue weighted by Gasteiger charge is -2.15. The molecule has 1 aromatic carbocycles. The summed E-state index contributed by atoms with van der Waals surface area (Å²) >= 11 is 1.51. The van der Waals surface area contributed by atoms with Crippen molar-refractivity contribution in [3.05, 3.63) is 41.7 Å². The Labute approximate surface area is 113 Å². The van der Waals surface area contributed by atoms with Gasteiger partial charge >= 0.3 is 0 Å². The zero-order valence-electron chi connectivity index (χ0n) is 10.6. The summed E-state index contributed by atoms with van der Waals surface area (Å²) in [5, 5.41) is 0. The lowest BCUT2D eigenvalue weighted by atomic mass is 10.0. The Morgan fingerprint density at radius 2 is 2.06 bits per heavy atom. The third-order valence-electron chi connectivity index (χ3n) is 3.31. The Morgan fingerprint density at radius 1 is 1.22 bits per heavy atom. The van der Waals surface area contributed by atoms with Gasteiger partial charge in [0.2, 0.25) is 0 Å². The van der Waals surface area contributed by atoms with Crippen molar-refractivity contribution in [2.75, 3.05) is 5.75 Å². The minimum atomic E-state index is -0.149. The van der Waals surface area contributed by atoms with Gasteiger partial charge in [-0.1, -0.05) is 30.2 Å². The van der Waals surface area contributed by atoms with Gasteiger partial charge in [0.15, 0.2) is 0 Å². The molecule has 0 saturated heterocycles. The largest absolute Gasteiger partial charge is 0.324 e. The summed E-state index contributed by atoms with van der Waals surface area (Å²) < 4.78 is 13.5. The van der Waals surface area contributed by atoms with E-state index in [1.54, 1.807) is 6.07 Å². The minimum Gasteiger partial charge on any atom is -0.324 e. The molecule has 1 aliphatic rings. The summed E-state index contributed by atoms with van der Waals surface area (Å²) in [5.74, 6) is 0.608. The highest BCUT2D eigenvalue weighted by atomic mass is 32.2. The SMILES string of the molecule is NC(CSc1ccccc1F)C1=CCCCCC1. The zero-order chi connectivity index (χ0) is 12.8. The Hall–Kier alpha value is -0.800. The predicted molar refractivity (Wildman–Crippen MR) is 76.3 cm³/mol. The monoisotopic (exact) mass is 265 g/mol. The Kier molecular flexibility index (Phi) is 5.26. The van der Waals surface area contributed by atoms with Crippen LogP contribution in [0.5, 0.6) is 0 Å². The molecule has 98 valence electrons. The van der Waals surface area contributed by atoms with Gasteiger partial charge in [-0.3, -0.25) is 0 Å². The summed E-state index contributed by atoms with van der Waals surface area (Å²) in [6, 6.07) is 6.95. The highest BCUT2D eigenvalue weighted by Gasteiger charge is 2.12. The van der Waals surface area contributed by atoms with Crippen LogP contribution in [0.1, 0.15) is 32.1 Å². The first-order valence-corrected chi connectivity index (χ1v) is 7.58. The van der Waals surface area contributed by atoms with Crippen LogP contribution in [0.2, 0.25) is 0 Å². The molecule has 18 heavy (non-hydrogen) atoms. The van der Waals surface area contributed by atoms with Crippen molar-refractivity contribution in [3.8, 4) is 0 Å². The molecule has 2 N–H and O–H groups in total. The first-order chi connectivity index (χ1) is 8.77. The van der Waals surface area contributed by atoms with E-state index in [2.05, 4.69) is 6.08 Å². The molecule has 0 bridgehead atoms. The molecule has 0 saturated carbocycles. The molecule has 0 aliphatic heterocycles. The third-order valence-corrected chi connectivity index (χ3v) is 4.48. The van der Waals surface area contributed by atoms with E-state index >= 15 is 0 Å². The van der Waals surface area contributed by atoms with Gasteiger partial charge in [0, 0.05) is 16.7 Å². The number of nitrogens with two attached hydrogens (primary N) is 1. The third kappa shape index (κ3) is 3.85. The molecule has 1 aromatic rings. The second-order valence-electron chi connectivity index (χ2n) is 4.73.